The number of likely N-dealkylation sites (tertiary alicyclic amines) is 1. The molecule has 1 unspecified atom stereocenters. The fraction of sp³-hybridized carbons (Fsp3) is 0.622. The van der Waals surface area contributed by atoms with E-state index in [9.17, 15) is 19.8 Å². The van der Waals surface area contributed by atoms with Crippen molar-refractivity contribution in [3.8, 4) is 11.5 Å². The SMILES string of the molecule is CC(C)(C)C(C)(O)[C@H]1C[C@@]23CC[C@@]1(C)[C@@H]1Oc4c(OC(=O)Nc5ccc(C(=O)O)cc5)ccc5c4[C@@]12CCN(CC1CC1)[C@@H]3C5. The standard InChI is InChI=1S/C37H46N2O6/c1-33(2,3)35(5,43)26-19-36-15-14-34(26,4)31-37(36)16-17-39(20-21-6-7-21)27(36)18-23-10-13-25(29(45-31)28(23)37)44-32(42)38-24-11-8-22(9-12-24)30(40)41/h8-13,21,26-27,31,43H,6-7,14-20H2,1-5H3,(H,38,42)(H,40,41)/t26-,27+,31-,34+,35?,36+,37-/m0/s1. The van der Waals surface area contributed by atoms with Gasteiger partial charge in [-0.25, -0.2) is 9.59 Å². The van der Waals surface area contributed by atoms with Crippen LogP contribution in [-0.4, -0.2) is 58.0 Å². The summed E-state index contributed by atoms with van der Waals surface area (Å²) in [5.41, 5.74) is 1.53. The Hall–Kier alpha value is -3.10. The number of rotatable bonds is 6. The molecule has 5 aliphatic carbocycles. The number of piperidine rings is 1. The summed E-state index contributed by atoms with van der Waals surface area (Å²) in [5.74, 6) is 0.984. The average Bonchev–Trinajstić information content (AvgIpc) is 3.72. The van der Waals surface area contributed by atoms with Crippen molar-refractivity contribution >= 4 is 17.7 Å². The highest BCUT2D eigenvalue weighted by atomic mass is 16.6. The van der Waals surface area contributed by atoms with E-state index in [0.717, 1.165) is 44.6 Å². The van der Waals surface area contributed by atoms with Gasteiger partial charge in [0.2, 0.25) is 0 Å². The predicted octanol–water partition coefficient (Wildman–Crippen LogP) is 6.64. The second kappa shape index (κ2) is 9.25. The monoisotopic (exact) mass is 614 g/mol. The van der Waals surface area contributed by atoms with E-state index in [-0.39, 0.29) is 39.2 Å². The molecule has 4 bridgehead atoms. The van der Waals surface area contributed by atoms with E-state index in [1.165, 1.54) is 42.6 Å². The molecule has 2 aromatic carbocycles. The van der Waals surface area contributed by atoms with E-state index < -0.39 is 17.7 Å². The zero-order valence-corrected chi connectivity index (χ0v) is 27.1. The molecular formula is C37H46N2O6. The molecule has 0 aromatic heterocycles. The van der Waals surface area contributed by atoms with Crippen LogP contribution in [0.2, 0.25) is 0 Å². The van der Waals surface area contributed by atoms with Gasteiger partial charge >= 0.3 is 12.1 Å². The molecule has 5 fully saturated rings. The smallest absolute Gasteiger partial charge is 0.417 e. The molecule has 1 saturated heterocycles. The molecule has 4 saturated carbocycles. The van der Waals surface area contributed by atoms with Gasteiger partial charge in [-0.05, 0) is 112 Å². The minimum Gasteiger partial charge on any atom is -0.485 e. The van der Waals surface area contributed by atoms with Crippen molar-refractivity contribution in [3.63, 3.8) is 0 Å². The Balaban J connectivity index is 1.20. The number of carboxylic acid groups (broad SMARTS) is 1. The van der Waals surface area contributed by atoms with Crippen LogP contribution in [0.25, 0.3) is 0 Å². The molecule has 7 aliphatic rings. The molecule has 240 valence electrons. The summed E-state index contributed by atoms with van der Waals surface area (Å²) in [7, 11) is 0. The zero-order chi connectivity index (χ0) is 31.7. The number of carbonyl (C=O) groups excluding carboxylic acids is 1. The molecule has 0 radical (unpaired) electrons. The van der Waals surface area contributed by atoms with Gasteiger partial charge in [0.15, 0.2) is 11.5 Å². The van der Waals surface area contributed by atoms with Gasteiger partial charge in [-0.15, -0.1) is 0 Å². The van der Waals surface area contributed by atoms with E-state index in [1.807, 2.05) is 6.07 Å². The topological polar surface area (TPSA) is 108 Å². The van der Waals surface area contributed by atoms with Crippen molar-refractivity contribution in [2.24, 2.45) is 28.1 Å². The first kappa shape index (κ1) is 29.3. The molecule has 3 N–H and O–H groups in total. The minimum atomic E-state index is -1.02. The number of carbonyl (C=O) groups is 2. The number of benzene rings is 2. The van der Waals surface area contributed by atoms with Gasteiger partial charge in [0.05, 0.1) is 11.2 Å². The number of aliphatic hydroxyl groups is 1. The fourth-order valence-corrected chi connectivity index (χ4v) is 10.7. The molecule has 8 heteroatoms. The number of aromatic carboxylic acids is 1. The number of nitrogens with zero attached hydrogens (tertiary/aromatic N) is 1. The Morgan fingerprint density at radius 2 is 1.80 bits per heavy atom. The molecule has 1 amide bonds. The van der Waals surface area contributed by atoms with Gasteiger partial charge in [-0.1, -0.05) is 33.8 Å². The highest BCUT2D eigenvalue weighted by Gasteiger charge is 2.80. The number of nitrogens with one attached hydrogen (secondary N) is 1. The number of carboxylic acids is 1. The number of fused-ring (bicyclic) bond motifs is 2. The van der Waals surface area contributed by atoms with Crippen LogP contribution in [0.4, 0.5) is 10.5 Å². The summed E-state index contributed by atoms with van der Waals surface area (Å²) in [6.07, 6.45) is 7.01. The molecule has 2 aliphatic heterocycles. The number of amides is 1. The Labute approximate surface area is 265 Å². The highest BCUT2D eigenvalue weighted by Crippen LogP contribution is 2.79. The fourth-order valence-electron chi connectivity index (χ4n) is 10.7. The van der Waals surface area contributed by atoms with Crippen molar-refractivity contribution < 1.29 is 29.3 Å². The second-order valence-corrected chi connectivity index (χ2v) is 16.5. The third-order valence-corrected chi connectivity index (χ3v) is 13.6. The normalized spacial score (nSPS) is 35.6. The summed E-state index contributed by atoms with van der Waals surface area (Å²) >= 11 is 0. The van der Waals surface area contributed by atoms with Gasteiger partial charge in [0.25, 0.3) is 0 Å². The predicted molar refractivity (Wildman–Crippen MR) is 170 cm³/mol. The Kier molecular flexibility index (Phi) is 6.03. The Morgan fingerprint density at radius 3 is 2.47 bits per heavy atom. The Morgan fingerprint density at radius 1 is 1.07 bits per heavy atom. The maximum Gasteiger partial charge on any atom is 0.417 e. The first-order valence-corrected chi connectivity index (χ1v) is 16.8. The maximum atomic E-state index is 13.2. The van der Waals surface area contributed by atoms with Gasteiger partial charge in [0, 0.05) is 40.1 Å². The van der Waals surface area contributed by atoms with Crippen LogP contribution in [0.5, 0.6) is 11.5 Å². The van der Waals surface area contributed by atoms with Gasteiger partial charge < -0.3 is 19.7 Å². The molecule has 2 heterocycles. The lowest BCUT2D eigenvalue weighted by atomic mass is 9.31. The molecule has 2 spiro atoms. The van der Waals surface area contributed by atoms with Crippen LogP contribution >= 0.6 is 0 Å². The van der Waals surface area contributed by atoms with Gasteiger partial charge in [0.1, 0.15) is 6.10 Å². The van der Waals surface area contributed by atoms with Crippen molar-refractivity contribution in [1.82, 2.24) is 4.90 Å². The van der Waals surface area contributed by atoms with Crippen LogP contribution in [-0.2, 0) is 11.8 Å². The first-order chi connectivity index (χ1) is 21.2. The number of hydrogen-bond donors (Lipinski definition) is 3. The Bertz CT molecular complexity index is 1590. The van der Waals surface area contributed by atoms with Crippen LogP contribution in [0, 0.1) is 28.1 Å². The molecule has 7 atom stereocenters. The van der Waals surface area contributed by atoms with Crippen LogP contribution in [0.3, 0.4) is 0 Å². The highest BCUT2D eigenvalue weighted by molar-refractivity contribution is 5.90. The summed E-state index contributed by atoms with van der Waals surface area (Å²) < 4.78 is 13.2. The van der Waals surface area contributed by atoms with Crippen molar-refractivity contribution in [2.45, 2.75) is 103 Å². The van der Waals surface area contributed by atoms with E-state index in [1.54, 1.807) is 12.1 Å². The molecule has 2 aromatic rings. The second-order valence-electron chi connectivity index (χ2n) is 16.5. The van der Waals surface area contributed by atoms with Crippen LogP contribution in [0.15, 0.2) is 36.4 Å². The largest absolute Gasteiger partial charge is 0.485 e. The minimum absolute atomic E-state index is 0.0203. The quantitative estimate of drug-likeness (QED) is 0.335. The van der Waals surface area contributed by atoms with Crippen LogP contribution < -0.4 is 14.8 Å². The lowest BCUT2D eigenvalue weighted by molar-refractivity contribution is -0.276. The summed E-state index contributed by atoms with van der Waals surface area (Å²) in [5, 5.41) is 24.3. The number of hydrogen-bond acceptors (Lipinski definition) is 6. The summed E-state index contributed by atoms with van der Waals surface area (Å²) in [6, 6.07) is 10.5. The third-order valence-electron chi connectivity index (χ3n) is 13.6. The van der Waals surface area contributed by atoms with Gasteiger partial charge in [-0.3, -0.25) is 10.2 Å². The third kappa shape index (κ3) is 3.84. The lowest BCUT2D eigenvalue weighted by Gasteiger charge is -2.75. The van der Waals surface area contributed by atoms with E-state index in [0.29, 0.717) is 23.2 Å². The van der Waals surface area contributed by atoms with E-state index in [2.05, 4.69) is 50.9 Å². The average molecular weight is 615 g/mol. The molecule has 8 nitrogen and oxygen atoms in total. The van der Waals surface area contributed by atoms with Crippen molar-refractivity contribution in [2.75, 3.05) is 18.4 Å². The maximum absolute atomic E-state index is 13.2. The summed E-state index contributed by atoms with van der Waals surface area (Å²) in [6.45, 7) is 13.1. The number of anilines is 1. The number of ether oxygens (including phenoxy) is 2. The van der Waals surface area contributed by atoms with E-state index >= 15 is 0 Å². The van der Waals surface area contributed by atoms with Crippen LogP contribution in [0.1, 0.15) is 94.6 Å². The van der Waals surface area contributed by atoms with Crippen molar-refractivity contribution in [1.29, 1.82) is 0 Å². The molecular weight excluding hydrogens is 568 g/mol. The van der Waals surface area contributed by atoms with Gasteiger partial charge in [-0.2, -0.15) is 0 Å². The molecule has 9 rings (SSSR count). The zero-order valence-electron chi connectivity index (χ0n) is 27.1. The van der Waals surface area contributed by atoms with E-state index in [4.69, 9.17) is 9.47 Å². The first-order valence-electron chi connectivity index (χ1n) is 16.8. The molecule has 45 heavy (non-hydrogen) atoms. The summed E-state index contributed by atoms with van der Waals surface area (Å²) in [4.78, 5) is 27.2. The van der Waals surface area contributed by atoms with Crippen molar-refractivity contribution in [3.05, 3.63) is 53.1 Å². The lowest BCUT2D eigenvalue weighted by Crippen LogP contribution is -2.80.